The van der Waals surface area contributed by atoms with Crippen LogP contribution in [-0.2, 0) is 11.0 Å². The molecule has 176 valence electrons. The summed E-state index contributed by atoms with van der Waals surface area (Å²) in [4.78, 5) is 29.6. The molecule has 1 aliphatic heterocycles. The van der Waals surface area contributed by atoms with E-state index in [1.165, 1.54) is 35.4 Å². The average Bonchev–Trinajstić information content (AvgIpc) is 3.24. The van der Waals surface area contributed by atoms with Gasteiger partial charge in [0.15, 0.2) is 0 Å². The number of anilines is 3. The highest BCUT2D eigenvalue weighted by Gasteiger charge is 2.32. The molecule has 2 heterocycles. The number of hydrogen-bond acceptors (Lipinski definition) is 6. The molecule has 0 saturated carbocycles. The number of rotatable bonds is 4. The Morgan fingerprint density at radius 3 is 2.41 bits per heavy atom. The molecule has 1 aromatic heterocycles. The summed E-state index contributed by atoms with van der Waals surface area (Å²) >= 11 is 0. The van der Waals surface area contributed by atoms with Crippen LogP contribution in [0.5, 0.6) is 0 Å². The van der Waals surface area contributed by atoms with Crippen LogP contribution in [-0.4, -0.2) is 18.1 Å². The van der Waals surface area contributed by atoms with Crippen molar-refractivity contribution >= 4 is 34.8 Å². The van der Waals surface area contributed by atoms with Crippen LogP contribution < -0.4 is 37.8 Å². The highest BCUT2D eigenvalue weighted by atomic mass is 19.4. The minimum atomic E-state index is -4.70. The van der Waals surface area contributed by atoms with E-state index in [0.29, 0.717) is 29.1 Å². The molecule has 4 rings (SSSR count). The van der Waals surface area contributed by atoms with E-state index in [2.05, 4.69) is 10.3 Å². The minimum Gasteiger partial charge on any atom is -0.446 e. The van der Waals surface area contributed by atoms with E-state index < -0.39 is 41.3 Å². The molecule has 0 aliphatic carbocycles. The molecule has 6 N–H and O–H groups in total. The second-order valence-electron chi connectivity index (χ2n) is 7.12. The number of alkyl halides is 3. The Morgan fingerprint density at radius 2 is 1.76 bits per heavy atom. The lowest BCUT2D eigenvalue weighted by atomic mass is 10.2. The fraction of sp³-hybridized carbons (Fsp3) is 0.0952. The van der Waals surface area contributed by atoms with Gasteiger partial charge in [0.1, 0.15) is 11.6 Å². The van der Waals surface area contributed by atoms with Crippen LogP contribution in [0.3, 0.4) is 0 Å². The summed E-state index contributed by atoms with van der Waals surface area (Å²) in [6.07, 6.45) is -4.51. The summed E-state index contributed by atoms with van der Waals surface area (Å²) in [6, 6.07) is 8.16. The smallest absolute Gasteiger partial charge is 0.416 e. The van der Waals surface area contributed by atoms with Crippen molar-refractivity contribution in [2.45, 2.75) is 12.3 Å². The van der Waals surface area contributed by atoms with E-state index in [9.17, 15) is 27.2 Å². The zero-order valence-corrected chi connectivity index (χ0v) is 17.1. The van der Waals surface area contributed by atoms with E-state index >= 15 is 0 Å². The number of nitrogens with one attached hydrogen (secondary N) is 2. The van der Waals surface area contributed by atoms with E-state index in [4.69, 9.17) is 15.9 Å². The molecule has 1 unspecified atom stereocenters. The summed E-state index contributed by atoms with van der Waals surface area (Å²) in [5, 5.41) is 4.88. The number of carbonyl (C=O) groups excluding carboxylic acids is 2. The number of halogens is 4. The van der Waals surface area contributed by atoms with Gasteiger partial charge in [-0.05, 0) is 48.5 Å². The number of carbonyl (C=O) groups is 2. The maximum absolute atomic E-state index is 13.9. The van der Waals surface area contributed by atoms with Crippen molar-refractivity contribution in [2.24, 2.45) is 16.5 Å². The summed E-state index contributed by atoms with van der Waals surface area (Å²) in [6.45, 7) is 0. The molecule has 0 radical (unpaired) electrons. The van der Waals surface area contributed by atoms with Gasteiger partial charge in [0, 0.05) is 11.4 Å². The standard InChI is InChI=1S/C21H16F4N6O3/c22-14-6-1-10(21(23,24)25)9-15(14)29-20(33)28-11-2-4-12(5-3-11)31-16(26)13-7-8-34-19(13)30-18(31)17(27)32/h1-9,18H,26H2,(H2,27,32)(H2,28,29,33). The molecule has 3 amide bonds. The van der Waals surface area contributed by atoms with Gasteiger partial charge in [0.2, 0.25) is 11.7 Å². The fourth-order valence-electron chi connectivity index (χ4n) is 3.29. The van der Waals surface area contributed by atoms with Gasteiger partial charge >= 0.3 is 12.2 Å². The van der Waals surface area contributed by atoms with Crippen molar-refractivity contribution in [3.05, 3.63) is 76.9 Å². The van der Waals surface area contributed by atoms with E-state index in [0.717, 1.165) is 0 Å². The Morgan fingerprint density at radius 1 is 1.06 bits per heavy atom. The molecule has 34 heavy (non-hydrogen) atoms. The number of nitrogens with zero attached hydrogens (tertiary/aromatic N) is 2. The SMILES string of the molecule is NC(=O)C1N=c2occc2=C(N)N1c1ccc(NC(=O)Nc2cc(C(F)(F)F)ccc2F)cc1. The summed E-state index contributed by atoms with van der Waals surface area (Å²) < 4.78 is 57.6. The number of furan rings is 1. The Kier molecular flexibility index (Phi) is 5.61. The van der Waals surface area contributed by atoms with Gasteiger partial charge in [-0.1, -0.05) is 0 Å². The molecular weight excluding hydrogens is 460 g/mol. The summed E-state index contributed by atoms with van der Waals surface area (Å²) in [5.41, 5.74) is 10.7. The first kappa shape index (κ1) is 22.6. The van der Waals surface area contributed by atoms with E-state index in [-0.39, 0.29) is 17.1 Å². The van der Waals surface area contributed by atoms with Crippen molar-refractivity contribution in [1.29, 1.82) is 0 Å². The average molecular weight is 476 g/mol. The molecule has 13 heteroatoms. The predicted octanol–water partition coefficient (Wildman–Crippen LogP) is 2.06. The summed E-state index contributed by atoms with van der Waals surface area (Å²) in [7, 11) is 0. The van der Waals surface area contributed by atoms with Crippen LogP contribution in [0.1, 0.15) is 5.56 Å². The highest BCUT2D eigenvalue weighted by molar-refractivity contribution is 6.00. The lowest BCUT2D eigenvalue weighted by Crippen LogP contribution is -2.52. The largest absolute Gasteiger partial charge is 0.446 e. The van der Waals surface area contributed by atoms with Crippen LogP contribution in [0, 0.1) is 5.82 Å². The van der Waals surface area contributed by atoms with E-state index in [1.807, 2.05) is 5.32 Å². The molecular formula is C21H16F4N6O3. The van der Waals surface area contributed by atoms with Crippen LogP contribution in [0.4, 0.5) is 39.4 Å². The molecule has 0 bridgehead atoms. The third-order valence-corrected chi connectivity index (χ3v) is 4.86. The normalized spacial score (nSPS) is 15.4. The third-order valence-electron chi connectivity index (χ3n) is 4.86. The number of fused-ring (bicyclic) bond motifs is 1. The van der Waals surface area contributed by atoms with Crippen molar-refractivity contribution in [3.63, 3.8) is 0 Å². The molecule has 1 aliphatic rings. The Hall–Kier alpha value is -4.55. The fourth-order valence-corrected chi connectivity index (χ4v) is 3.29. The molecule has 1 atom stereocenters. The van der Waals surface area contributed by atoms with Crippen LogP contribution in [0.2, 0.25) is 0 Å². The lowest BCUT2D eigenvalue weighted by molar-refractivity contribution is -0.137. The topological polar surface area (TPSA) is 139 Å². The number of hydrogen-bond donors (Lipinski definition) is 4. The van der Waals surface area contributed by atoms with Crippen molar-refractivity contribution < 1.29 is 31.6 Å². The quantitative estimate of drug-likeness (QED) is 0.427. The Bertz CT molecular complexity index is 1380. The van der Waals surface area contributed by atoms with Crippen molar-refractivity contribution in [2.75, 3.05) is 15.5 Å². The van der Waals surface area contributed by atoms with Crippen LogP contribution in [0.15, 0.2) is 64.2 Å². The molecule has 9 nitrogen and oxygen atoms in total. The second kappa shape index (κ2) is 8.42. The Labute approximate surface area is 188 Å². The number of amides is 3. The first-order valence-corrected chi connectivity index (χ1v) is 9.59. The molecule has 0 fully saturated rings. The van der Waals surface area contributed by atoms with Gasteiger partial charge in [-0.3, -0.25) is 9.69 Å². The number of urea groups is 1. The molecule has 0 saturated heterocycles. The predicted molar refractivity (Wildman–Crippen MR) is 113 cm³/mol. The van der Waals surface area contributed by atoms with Crippen LogP contribution >= 0.6 is 0 Å². The minimum absolute atomic E-state index is 0.161. The zero-order valence-electron chi connectivity index (χ0n) is 17.1. The molecule has 3 aromatic rings. The second-order valence-corrected chi connectivity index (χ2v) is 7.12. The van der Waals surface area contributed by atoms with Gasteiger partial charge in [0.05, 0.1) is 22.7 Å². The number of nitrogens with two attached hydrogens (primary N) is 2. The Balaban J connectivity index is 1.53. The molecule has 2 aromatic carbocycles. The van der Waals surface area contributed by atoms with Gasteiger partial charge < -0.3 is 26.5 Å². The number of benzene rings is 2. The van der Waals surface area contributed by atoms with Crippen molar-refractivity contribution in [3.8, 4) is 0 Å². The monoisotopic (exact) mass is 476 g/mol. The maximum Gasteiger partial charge on any atom is 0.416 e. The molecule has 0 spiro atoms. The number of primary amides is 1. The first-order chi connectivity index (χ1) is 16.0. The maximum atomic E-state index is 13.9. The summed E-state index contributed by atoms with van der Waals surface area (Å²) in [5.74, 6) is -1.65. The third kappa shape index (κ3) is 4.35. The zero-order chi connectivity index (χ0) is 24.6. The highest BCUT2D eigenvalue weighted by Crippen LogP contribution is 2.32. The first-order valence-electron chi connectivity index (χ1n) is 9.59. The van der Waals surface area contributed by atoms with Gasteiger partial charge in [0.25, 0.3) is 5.91 Å². The lowest BCUT2D eigenvalue weighted by Gasteiger charge is -2.30. The van der Waals surface area contributed by atoms with Gasteiger partial charge in [-0.2, -0.15) is 13.2 Å². The van der Waals surface area contributed by atoms with Gasteiger partial charge in [-0.25, -0.2) is 14.2 Å². The van der Waals surface area contributed by atoms with E-state index in [1.54, 1.807) is 6.07 Å². The van der Waals surface area contributed by atoms with Gasteiger partial charge in [-0.15, -0.1) is 0 Å². The van der Waals surface area contributed by atoms with Crippen LogP contribution in [0.25, 0.3) is 5.82 Å². The van der Waals surface area contributed by atoms with Crippen molar-refractivity contribution in [1.82, 2.24) is 0 Å².